The van der Waals surface area contributed by atoms with Crippen LogP contribution in [0, 0.1) is 0 Å². The highest BCUT2D eigenvalue weighted by Crippen LogP contribution is 2.24. The molecule has 3 aromatic heterocycles. The number of anilines is 1. The van der Waals surface area contributed by atoms with E-state index >= 15 is 0 Å². The number of aromatic nitrogens is 5. The van der Waals surface area contributed by atoms with Crippen LogP contribution in [0.1, 0.15) is 10.4 Å². The van der Waals surface area contributed by atoms with E-state index in [1.54, 1.807) is 36.7 Å². The Kier molecular flexibility index (Phi) is 6.08. The molecule has 1 aromatic carbocycles. The van der Waals surface area contributed by atoms with Crippen LogP contribution in [-0.2, 0) is 9.53 Å². The molecule has 10 heteroatoms. The second-order valence-electron chi connectivity index (χ2n) is 6.33. The molecule has 0 aliphatic heterocycles. The van der Waals surface area contributed by atoms with E-state index in [-0.39, 0.29) is 11.7 Å². The maximum atomic E-state index is 12.4. The maximum absolute atomic E-state index is 12.4. The van der Waals surface area contributed by atoms with Crippen molar-refractivity contribution >= 4 is 29.3 Å². The molecular weight excluding hydrogens is 416 g/mol. The largest absolute Gasteiger partial charge is 0.465 e. The average Bonchev–Trinajstić information content (AvgIpc) is 3.48. The second kappa shape index (κ2) is 9.26. The van der Waals surface area contributed by atoms with E-state index < -0.39 is 5.97 Å². The lowest BCUT2D eigenvalue weighted by Gasteiger charge is -2.11. The lowest BCUT2D eigenvalue weighted by atomic mass is 10.2. The molecule has 0 aliphatic carbocycles. The number of esters is 1. The number of thioether (sulfide) groups is 1. The number of nitrogens with zero attached hydrogens (tertiary/aromatic N) is 5. The molecule has 156 valence electrons. The van der Waals surface area contributed by atoms with Crippen LogP contribution in [0.2, 0.25) is 0 Å². The summed E-state index contributed by atoms with van der Waals surface area (Å²) in [5.74, 6) is 0.110. The minimum absolute atomic E-state index is 0.130. The predicted molar refractivity (Wildman–Crippen MR) is 116 cm³/mol. The summed E-state index contributed by atoms with van der Waals surface area (Å²) in [6, 6.07) is 14.0. The van der Waals surface area contributed by atoms with Crippen molar-refractivity contribution in [3.63, 3.8) is 0 Å². The number of nitrogens with one attached hydrogen (secondary N) is 1. The molecule has 4 rings (SSSR count). The molecule has 0 aliphatic rings. The third-order valence-corrected chi connectivity index (χ3v) is 5.19. The number of pyridine rings is 1. The van der Waals surface area contributed by atoms with Gasteiger partial charge in [-0.15, -0.1) is 10.2 Å². The second-order valence-corrected chi connectivity index (χ2v) is 7.27. The molecule has 0 atom stereocenters. The van der Waals surface area contributed by atoms with E-state index in [9.17, 15) is 9.59 Å². The summed E-state index contributed by atoms with van der Waals surface area (Å²) in [5.41, 5.74) is 1.81. The molecule has 1 amide bonds. The van der Waals surface area contributed by atoms with Crippen molar-refractivity contribution in [2.24, 2.45) is 0 Å². The monoisotopic (exact) mass is 434 g/mol. The third kappa shape index (κ3) is 4.64. The van der Waals surface area contributed by atoms with Crippen LogP contribution >= 0.6 is 11.8 Å². The molecule has 0 spiro atoms. The van der Waals surface area contributed by atoms with Gasteiger partial charge in [-0.25, -0.2) is 9.47 Å². The van der Waals surface area contributed by atoms with E-state index in [2.05, 4.69) is 25.2 Å². The first kappa shape index (κ1) is 20.4. The van der Waals surface area contributed by atoms with Gasteiger partial charge >= 0.3 is 5.97 Å². The molecule has 9 nitrogen and oxygen atoms in total. The molecule has 0 radical (unpaired) electrons. The first-order valence-electron chi connectivity index (χ1n) is 9.26. The summed E-state index contributed by atoms with van der Waals surface area (Å²) in [4.78, 5) is 28.1. The van der Waals surface area contributed by atoms with Crippen molar-refractivity contribution in [3.8, 4) is 11.4 Å². The number of carbonyl (C=O) groups excluding carboxylic acids is 2. The number of benzene rings is 1. The minimum Gasteiger partial charge on any atom is -0.465 e. The average molecular weight is 434 g/mol. The Hall–Kier alpha value is -3.92. The van der Waals surface area contributed by atoms with E-state index in [4.69, 9.17) is 0 Å². The van der Waals surface area contributed by atoms with Crippen LogP contribution in [0.15, 0.2) is 78.5 Å². The van der Waals surface area contributed by atoms with Crippen molar-refractivity contribution in [1.29, 1.82) is 0 Å². The predicted octanol–water partition coefficient (Wildman–Crippen LogP) is 2.97. The fourth-order valence-electron chi connectivity index (χ4n) is 2.83. The van der Waals surface area contributed by atoms with Crippen molar-refractivity contribution < 1.29 is 14.3 Å². The van der Waals surface area contributed by atoms with Crippen LogP contribution in [0.25, 0.3) is 11.4 Å². The molecule has 0 fully saturated rings. The molecule has 0 unspecified atom stereocenters. The highest BCUT2D eigenvalue weighted by molar-refractivity contribution is 7.99. The van der Waals surface area contributed by atoms with Gasteiger partial charge in [0.05, 0.1) is 18.4 Å². The maximum Gasteiger partial charge on any atom is 0.337 e. The summed E-state index contributed by atoms with van der Waals surface area (Å²) in [7, 11) is 1.32. The van der Waals surface area contributed by atoms with Gasteiger partial charge in [0.15, 0.2) is 5.82 Å². The van der Waals surface area contributed by atoms with Gasteiger partial charge in [-0.1, -0.05) is 11.8 Å². The lowest BCUT2D eigenvalue weighted by molar-refractivity contribution is -0.113. The lowest BCUT2D eigenvalue weighted by Crippen LogP contribution is -2.16. The zero-order valence-corrected chi connectivity index (χ0v) is 17.3. The summed E-state index contributed by atoms with van der Waals surface area (Å²) in [6.45, 7) is 0. The number of hydrogen-bond donors (Lipinski definition) is 1. The highest BCUT2D eigenvalue weighted by Gasteiger charge is 2.17. The number of amides is 1. The van der Waals surface area contributed by atoms with Crippen molar-refractivity contribution in [2.45, 2.75) is 5.16 Å². The molecule has 0 saturated heterocycles. The van der Waals surface area contributed by atoms with Gasteiger partial charge in [0, 0.05) is 36.0 Å². The number of carbonyl (C=O) groups is 2. The fourth-order valence-corrected chi connectivity index (χ4v) is 3.57. The highest BCUT2D eigenvalue weighted by atomic mass is 32.2. The molecule has 0 saturated carbocycles. The van der Waals surface area contributed by atoms with Crippen LogP contribution in [0.5, 0.6) is 0 Å². The van der Waals surface area contributed by atoms with Crippen LogP contribution in [0.3, 0.4) is 0 Å². The zero-order chi connectivity index (χ0) is 21.6. The Balaban J connectivity index is 1.48. The summed E-state index contributed by atoms with van der Waals surface area (Å²) >= 11 is 1.26. The Morgan fingerprint density at radius 2 is 1.84 bits per heavy atom. The minimum atomic E-state index is -0.429. The van der Waals surface area contributed by atoms with Crippen LogP contribution in [0.4, 0.5) is 5.69 Å². The Morgan fingerprint density at radius 1 is 1.06 bits per heavy atom. The molecular formula is C21H18N6O3S. The fraction of sp³-hybridized carbons (Fsp3) is 0.0952. The third-order valence-electron chi connectivity index (χ3n) is 4.27. The quantitative estimate of drug-likeness (QED) is 0.352. The van der Waals surface area contributed by atoms with Crippen molar-refractivity contribution in [2.75, 3.05) is 18.2 Å². The van der Waals surface area contributed by atoms with Gasteiger partial charge in [-0.3, -0.25) is 14.5 Å². The van der Waals surface area contributed by atoms with Gasteiger partial charge in [-0.05, 0) is 48.5 Å². The SMILES string of the molecule is COC(=O)c1ccc(NC(=O)CSc2nnc(-c3cccnc3)n2-n2cccc2)cc1. The van der Waals surface area contributed by atoms with Crippen LogP contribution < -0.4 is 5.32 Å². The number of ether oxygens (including phenoxy) is 1. The van der Waals surface area contributed by atoms with Crippen LogP contribution in [-0.4, -0.2) is 49.3 Å². The normalized spacial score (nSPS) is 10.6. The topological polar surface area (TPSA) is 104 Å². The Morgan fingerprint density at radius 3 is 2.52 bits per heavy atom. The molecule has 31 heavy (non-hydrogen) atoms. The zero-order valence-electron chi connectivity index (χ0n) is 16.5. The van der Waals surface area contributed by atoms with E-state index in [1.807, 2.05) is 46.0 Å². The van der Waals surface area contributed by atoms with E-state index in [0.29, 0.717) is 22.2 Å². The number of methoxy groups -OCH3 is 1. The molecule has 3 heterocycles. The first-order chi connectivity index (χ1) is 15.2. The standard InChI is InChI=1S/C21H18N6O3S/c1-30-20(29)15-6-8-17(9-7-15)23-18(28)14-31-21-25-24-19(16-5-4-10-22-13-16)27(21)26-11-2-3-12-26/h2-13H,14H2,1H3,(H,23,28). The van der Waals surface area contributed by atoms with Gasteiger partial charge in [0.2, 0.25) is 11.1 Å². The Labute approximate surface area is 182 Å². The van der Waals surface area contributed by atoms with Crippen molar-refractivity contribution in [1.82, 2.24) is 24.5 Å². The Bertz CT molecular complexity index is 1170. The summed E-state index contributed by atoms with van der Waals surface area (Å²) in [6.07, 6.45) is 7.15. The summed E-state index contributed by atoms with van der Waals surface area (Å²) in [5, 5.41) is 11.9. The van der Waals surface area contributed by atoms with Gasteiger partial charge in [-0.2, -0.15) is 0 Å². The number of hydrogen-bond acceptors (Lipinski definition) is 7. The van der Waals surface area contributed by atoms with E-state index in [0.717, 1.165) is 5.56 Å². The number of rotatable bonds is 7. The molecule has 0 bridgehead atoms. The summed E-state index contributed by atoms with van der Waals surface area (Å²) < 4.78 is 8.33. The van der Waals surface area contributed by atoms with Gasteiger partial charge in [0.25, 0.3) is 0 Å². The molecule has 1 N–H and O–H groups in total. The van der Waals surface area contributed by atoms with Gasteiger partial charge < -0.3 is 10.1 Å². The van der Waals surface area contributed by atoms with E-state index in [1.165, 1.54) is 18.9 Å². The smallest absolute Gasteiger partial charge is 0.337 e. The first-order valence-corrected chi connectivity index (χ1v) is 10.2. The van der Waals surface area contributed by atoms with Gasteiger partial charge in [0.1, 0.15) is 0 Å². The van der Waals surface area contributed by atoms with Crippen molar-refractivity contribution in [3.05, 3.63) is 78.9 Å². The molecule has 4 aromatic rings.